The molecular weight excluding hydrogens is 589 g/mol. The molecule has 1 aromatic carbocycles. The Labute approximate surface area is 233 Å². The zero-order valence-corrected chi connectivity index (χ0v) is 24.2. The molecule has 3 rings (SSSR count). The molecule has 194 valence electrons. The van der Waals surface area contributed by atoms with Gasteiger partial charge in [0, 0.05) is 32.0 Å². The van der Waals surface area contributed by atoms with E-state index >= 15 is 0 Å². The standard InChI is InChI=1S/C25H28BrCl2N3O4S/c1-4-7-8-16(24(32)34-5-2)19-13-36-23(30-19)22-29-18(12-26)20(25(33)35-6-3)21(31-22)15-10-9-14(27)11-17(15)28/h9-11,13,16,21H,4-8,12H2,1-3H3,(H,29,31). The molecule has 1 aliphatic rings. The highest BCUT2D eigenvalue weighted by molar-refractivity contribution is 9.09. The number of ether oxygens (including phenoxy) is 2. The molecule has 0 fully saturated rings. The van der Waals surface area contributed by atoms with Gasteiger partial charge in [-0.1, -0.05) is 65.0 Å². The maximum absolute atomic E-state index is 13.0. The van der Waals surface area contributed by atoms with Crippen LogP contribution in [0.15, 0.2) is 39.8 Å². The van der Waals surface area contributed by atoms with Gasteiger partial charge in [0.1, 0.15) is 6.04 Å². The number of halogens is 3. The van der Waals surface area contributed by atoms with E-state index in [0.29, 0.717) is 61.8 Å². The summed E-state index contributed by atoms with van der Waals surface area (Å²) in [5.74, 6) is -0.734. The number of aliphatic imine (C=N–C) groups is 1. The monoisotopic (exact) mass is 615 g/mol. The zero-order valence-electron chi connectivity index (χ0n) is 20.3. The first-order valence-corrected chi connectivity index (χ1v) is 14.5. The predicted molar refractivity (Wildman–Crippen MR) is 147 cm³/mol. The lowest BCUT2D eigenvalue weighted by molar-refractivity contribution is -0.145. The largest absolute Gasteiger partial charge is 0.465 e. The van der Waals surface area contributed by atoms with Gasteiger partial charge in [-0.15, -0.1) is 11.3 Å². The number of nitrogens with zero attached hydrogens (tertiary/aromatic N) is 2. The Hall–Kier alpha value is -1.94. The quantitative estimate of drug-likeness (QED) is 0.226. The number of amidine groups is 1. The number of esters is 2. The third-order valence-corrected chi connectivity index (χ3v) is 7.50. The van der Waals surface area contributed by atoms with E-state index in [0.717, 1.165) is 12.8 Å². The molecular formula is C25H28BrCl2N3O4S. The Morgan fingerprint density at radius 3 is 2.58 bits per heavy atom. The summed E-state index contributed by atoms with van der Waals surface area (Å²) >= 11 is 17.5. The number of thiazole rings is 1. The molecule has 11 heteroatoms. The molecule has 0 amide bonds. The first-order valence-electron chi connectivity index (χ1n) is 11.7. The summed E-state index contributed by atoms with van der Waals surface area (Å²) in [6, 6.07) is 4.34. The minimum Gasteiger partial charge on any atom is -0.465 e. The Balaban J connectivity index is 2.05. The molecule has 2 atom stereocenters. The smallest absolute Gasteiger partial charge is 0.338 e. The first kappa shape index (κ1) is 28.6. The van der Waals surface area contributed by atoms with Crippen molar-refractivity contribution >= 4 is 68.2 Å². The van der Waals surface area contributed by atoms with Crippen LogP contribution >= 0.6 is 50.5 Å². The van der Waals surface area contributed by atoms with Crippen LogP contribution in [0.1, 0.15) is 68.3 Å². The summed E-state index contributed by atoms with van der Waals surface area (Å²) in [5.41, 5.74) is 2.21. The summed E-state index contributed by atoms with van der Waals surface area (Å²) in [4.78, 5) is 35.2. The van der Waals surface area contributed by atoms with Gasteiger partial charge in [-0.05, 0) is 32.4 Å². The van der Waals surface area contributed by atoms with Crippen LogP contribution in [0.25, 0.3) is 0 Å². The second kappa shape index (κ2) is 13.6. The molecule has 7 nitrogen and oxygen atoms in total. The molecule has 0 radical (unpaired) electrons. The number of unbranched alkanes of at least 4 members (excludes halogenated alkanes) is 1. The van der Waals surface area contributed by atoms with Gasteiger partial charge in [0.15, 0.2) is 10.8 Å². The lowest BCUT2D eigenvalue weighted by Gasteiger charge is -2.26. The zero-order chi connectivity index (χ0) is 26.2. The highest BCUT2D eigenvalue weighted by Crippen LogP contribution is 2.38. The molecule has 1 aromatic heterocycles. The Morgan fingerprint density at radius 1 is 1.19 bits per heavy atom. The average Bonchev–Trinajstić information content (AvgIpc) is 3.34. The third kappa shape index (κ3) is 6.68. The predicted octanol–water partition coefficient (Wildman–Crippen LogP) is 6.59. The lowest BCUT2D eigenvalue weighted by Crippen LogP contribution is -2.34. The van der Waals surface area contributed by atoms with Crippen LogP contribution < -0.4 is 5.32 Å². The molecule has 1 aliphatic heterocycles. The van der Waals surface area contributed by atoms with Crippen molar-refractivity contribution in [3.8, 4) is 0 Å². The van der Waals surface area contributed by atoms with Crippen LogP contribution in [0.4, 0.5) is 0 Å². The Kier molecular flexibility index (Phi) is 10.8. The van der Waals surface area contributed by atoms with Crippen LogP contribution in [0, 0.1) is 0 Å². The minimum atomic E-state index is -0.731. The van der Waals surface area contributed by atoms with Gasteiger partial charge in [-0.3, -0.25) is 9.79 Å². The number of alkyl halides is 1. The van der Waals surface area contributed by atoms with Crippen molar-refractivity contribution in [2.45, 2.75) is 52.0 Å². The molecule has 2 heterocycles. The molecule has 0 bridgehead atoms. The van der Waals surface area contributed by atoms with E-state index in [9.17, 15) is 9.59 Å². The van der Waals surface area contributed by atoms with Crippen LogP contribution in [-0.4, -0.2) is 41.3 Å². The van der Waals surface area contributed by atoms with Gasteiger partial charge in [-0.25, -0.2) is 9.78 Å². The Bertz CT molecular complexity index is 1170. The van der Waals surface area contributed by atoms with E-state index in [2.05, 4.69) is 28.2 Å². The van der Waals surface area contributed by atoms with Gasteiger partial charge in [0.2, 0.25) is 0 Å². The van der Waals surface area contributed by atoms with Crippen LogP contribution in [0.5, 0.6) is 0 Å². The molecule has 0 spiro atoms. The number of allylic oxidation sites excluding steroid dienone is 1. The highest BCUT2D eigenvalue weighted by Gasteiger charge is 2.34. The van der Waals surface area contributed by atoms with Crippen molar-refractivity contribution in [2.24, 2.45) is 4.99 Å². The molecule has 36 heavy (non-hydrogen) atoms. The van der Waals surface area contributed by atoms with Gasteiger partial charge in [0.05, 0.1) is 30.4 Å². The SMILES string of the molecule is CCCCC(C(=O)OCC)c1csc(C2=NC(c3ccc(Cl)cc3Cl)C(C(=O)OCC)=C(CBr)N2)n1. The highest BCUT2D eigenvalue weighted by atomic mass is 79.9. The van der Waals surface area contributed by atoms with Crippen molar-refractivity contribution in [3.63, 3.8) is 0 Å². The number of carbonyl (C=O) groups is 2. The minimum absolute atomic E-state index is 0.221. The van der Waals surface area contributed by atoms with E-state index in [-0.39, 0.29) is 12.6 Å². The third-order valence-electron chi connectivity index (χ3n) is 5.51. The number of carbonyl (C=O) groups excluding carboxylic acids is 2. The van der Waals surface area contributed by atoms with Crippen molar-refractivity contribution in [1.29, 1.82) is 0 Å². The second-order valence-corrected chi connectivity index (χ2v) is 10.2. The number of rotatable bonds is 11. The normalized spacial score (nSPS) is 16.3. The number of nitrogens with one attached hydrogen (secondary N) is 1. The van der Waals surface area contributed by atoms with Crippen molar-refractivity contribution in [3.05, 3.63) is 61.2 Å². The summed E-state index contributed by atoms with van der Waals surface area (Å²) in [7, 11) is 0. The summed E-state index contributed by atoms with van der Waals surface area (Å²) < 4.78 is 10.6. The van der Waals surface area contributed by atoms with Gasteiger partial charge >= 0.3 is 11.9 Å². The van der Waals surface area contributed by atoms with Crippen molar-refractivity contribution in [2.75, 3.05) is 18.5 Å². The summed E-state index contributed by atoms with van der Waals surface area (Å²) in [6.07, 6.45) is 2.49. The number of benzene rings is 1. The van der Waals surface area contributed by atoms with Crippen LogP contribution in [0.3, 0.4) is 0 Å². The molecule has 0 saturated carbocycles. The maximum Gasteiger partial charge on any atom is 0.338 e. The van der Waals surface area contributed by atoms with Crippen molar-refractivity contribution in [1.82, 2.24) is 10.3 Å². The van der Waals surface area contributed by atoms with E-state index in [1.54, 1.807) is 32.0 Å². The number of hydrogen-bond donors (Lipinski definition) is 1. The average molecular weight is 617 g/mol. The van der Waals surface area contributed by atoms with Gasteiger partial charge in [-0.2, -0.15) is 0 Å². The first-order chi connectivity index (χ1) is 17.3. The fourth-order valence-electron chi connectivity index (χ4n) is 3.80. The molecule has 0 aliphatic carbocycles. The number of hydrogen-bond acceptors (Lipinski definition) is 8. The van der Waals surface area contributed by atoms with E-state index in [1.807, 2.05) is 5.38 Å². The molecule has 2 aromatic rings. The molecule has 1 N–H and O–H groups in total. The Morgan fingerprint density at radius 2 is 1.94 bits per heavy atom. The van der Waals surface area contributed by atoms with Crippen LogP contribution in [-0.2, 0) is 19.1 Å². The molecule has 2 unspecified atom stereocenters. The summed E-state index contributed by atoms with van der Waals surface area (Å²) in [5, 5.41) is 6.90. The lowest BCUT2D eigenvalue weighted by atomic mass is 9.96. The van der Waals surface area contributed by atoms with Gasteiger partial charge in [0.25, 0.3) is 0 Å². The topological polar surface area (TPSA) is 89.9 Å². The van der Waals surface area contributed by atoms with E-state index in [1.165, 1.54) is 11.3 Å². The summed E-state index contributed by atoms with van der Waals surface area (Å²) in [6.45, 7) is 6.15. The van der Waals surface area contributed by atoms with Gasteiger partial charge < -0.3 is 14.8 Å². The van der Waals surface area contributed by atoms with Crippen LogP contribution in [0.2, 0.25) is 10.0 Å². The number of aromatic nitrogens is 1. The fraction of sp³-hybridized carbons (Fsp3) is 0.440. The second-order valence-electron chi connectivity index (χ2n) is 7.94. The van der Waals surface area contributed by atoms with Crippen molar-refractivity contribution < 1.29 is 19.1 Å². The molecule has 0 saturated heterocycles. The maximum atomic E-state index is 13.0. The van der Waals surface area contributed by atoms with E-state index in [4.69, 9.17) is 42.7 Å². The van der Waals surface area contributed by atoms with E-state index < -0.39 is 17.9 Å². The fourth-order valence-corrected chi connectivity index (χ4v) is 5.58.